The van der Waals surface area contributed by atoms with E-state index < -0.39 is 10.0 Å². The van der Waals surface area contributed by atoms with Gasteiger partial charge in [0.25, 0.3) is 10.0 Å². The molecule has 0 amide bonds. The van der Waals surface area contributed by atoms with Crippen molar-refractivity contribution in [2.45, 2.75) is 10.8 Å². The van der Waals surface area contributed by atoms with Gasteiger partial charge in [-0.15, -0.1) is 11.3 Å². The fraction of sp³-hybridized carbons (Fsp3) is 0.231. The van der Waals surface area contributed by atoms with E-state index in [2.05, 4.69) is 4.72 Å². The predicted octanol–water partition coefficient (Wildman–Crippen LogP) is 1.81. The average Bonchev–Trinajstić information content (AvgIpc) is 2.96. The lowest BCUT2D eigenvalue weighted by Crippen LogP contribution is -2.16. The largest absolute Gasteiger partial charge is 0.486 e. The summed E-state index contributed by atoms with van der Waals surface area (Å²) in [5, 5.41) is 10.6. The second-order valence-electron chi connectivity index (χ2n) is 4.40. The smallest absolute Gasteiger partial charge is 0.271 e. The van der Waals surface area contributed by atoms with Gasteiger partial charge < -0.3 is 14.6 Å². The molecule has 0 saturated heterocycles. The number of hydrogen-bond acceptors (Lipinski definition) is 6. The van der Waals surface area contributed by atoms with Crippen molar-refractivity contribution >= 4 is 27.0 Å². The average molecular weight is 327 g/mol. The zero-order valence-corrected chi connectivity index (χ0v) is 12.5. The first-order chi connectivity index (χ1) is 10.1. The quantitative estimate of drug-likeness (QED) is 0.895. The molecule has 21 heavy (non-hydrogen) atoms. The molecule has 2 N–H and O–H groups in total. The highest BCUT2D eigenvalue weighted by molar-refractivity contribution is 7.94. The Morgan fingerprint density at radius 1 is 1.19 bits per heavy atom. The summed E-state index contributed by atoms with van der Waals surface area (Å²) < 4.78 is 37.9. The molecule has 2 aromatic rings. The fourth-order valence-electron chi connectivity index (χ4n) is 1.89. The summed E-state index contributed by atoms with van der Waals surface area (Å²) in [5.74, 6) is 1.12. The number of aliphatic hydroxyl groups excluding tert-OH is 1. The zero-order valence-electron chi connectivity index (χ0n) is 10.9. The Labute approximate surface area is 126 Å². The normalized spacial score (nSPS) is 14.0. The highest BCUT2D eigenvalue weighted by Crippen LogP contribution is 2.33. The number of hydrogen-bond donors (Lipinski definition) is 2. The van der Waals surface area contributed by atoms with E-state index in [4.69, 9.17) is 14.6 Å². The molecule has 0 aliphatic carbocycles. The Hall–Kier alpha value is -1.77. The van der Waals surface area contributed by atoms with Gasteiger partial charge in [-0.3, -0.25) is 4.72 Å². The lowest BCUT2D eigenvalue weighted by molar-refractivity contribution is 0.171. The molecule has 112 valence electrons. The predicted molar refractivity (Wildman–Crippen MR) is 78.5 cm³/mol. The maximum absolute atomic E-state index is 12.2. The summed E-state index contributed by atoms with van der Waals surface area (Å²) >= 11 is 1.06. The number of ether oxygens (including phenoxy) is 2. The summed E-state index contributed by atoms with van der Waals surface area (Å²) in [6, 6.07) is 6.32. The first kappa shape index (κ1) is 14.2. The molecule has 1 aromatic heterocycles. The van der Waals surface area contributed by atoms with Crippen LogP contribution in [-0.4, -0.2) is 26.7 Å². The second kappa shape index (κ2) is 5.55. The zero-order chi connectivity index (χ0) is 14.9. The van der Waals surface area contributed by atoms with Gasteiger partial charge in [-0.1, -0.05) is 0 Å². The fourth-order valence-corrected chi connectivity index (χ4v) is 4.14. The lowest BCUT2D eigenvalue weighted by atomic mass is 10.3. The third kappa shape index (κ3) is 2.97. The van der Waals surface area contributed by atoms with Gasteiger partial charge in [-0.05, 0) is 29.1 Å². The molecule has 3 rings (SSSR count). The first-order valence-corrected chi connectivity index (χ1v) is 8.55. The minimum Gasteiger partial charge on any atom is -0.486 e. The molecule has 2 heterocycles. The number of aliphatic hydroxyl groups is 1. The van der Waals surface area contributed by atoms with Crippen LogP contribution in [-0.2, 0) is 16.6 Å². The highest BCUT2D eigenvalue weighted by Gasteiger charge is 2.19. The Balaban J connectivity index is 1.85. The molecule has 0 bridgehead atoms. The van der Waals surface area contributed by atoms with E-state index in [1.165, 1.54) is 6.07 Å². The third-order valence-electron chi connectivity index (χ3n) is 2.87. The van der Waals surface area contributed by atoms with Crippen LogP contribution in [0.5, 0.6) is 11.5 Å². The van der Waals surface area contributed by atoms with E-state index in [-0.39, 0.29) is 10.8 Å². The van der Waals surface area contributed by atoms with E-state index in [9.17, 15) is 8.42 Å². The van der Waals surface area contributed by atoms with Gasteiger partial charge >= 0.3 is 0 Å². The topological polar surface area (TPSA) is 84.9 Å². The van der Waals surface area contributed by atoms with Crippen LogP contribution in [0.15, 0.2) is 33.9 Å². The van der Waals surface area contributed by atoms with E-state index in [1.807, 2.05) is 0 Å². The van der Waals surface area contributed by atoms with Crippen molar-refractivity contribution in [2.75, 3.05) is 17.9 Å². The Morgan fingerprint density at radius 2 is 1.95 bits per heavy atom. The molecular formula is C13H13NO5S2. The van der Waals surface area contributed by atoms with Gasteiger partial charge in [-0.25, -0.2) is 8.42 Å². The number of rotatable bonds is 4. The van der Waals surface area contributed by atoms with Crippen molar-refractivity contribution in [2.24, 2.45) is 0 Å². The van der Waals surface area contributed by atoms with E-state index in [0.717, 1.165) is 11.3 Å². The van der Waals surface area contributed by atoms with Crippen molar-refractivity contribution in [1.29, 1.82) is 0 Å². The van der Waals surface area contributed by atoms with Crippen LogP contribution in [0, 0.1) is 0 Å². The van der Waals surface area contributed by atoms with Gasteiger partial charge in [0.15, 0.2) is 11.5 Å². The monoisotopic (exact) mass is 327 g/mol. The van der Waals surface area contributed by atoms with Crippen molar-refractivity contribution in [3.05, 3.63) is 35.2 Å². The molecule has 1 aliphatic heterocycles. The Morgan fingerprint density at radius 3 is 2.67 bits per heavy atom. The van der Waals surface area contributed by atoms with Crippen molar-refractivity contribution in [3.63, 3.8) is 0 Å². The summed E-state index contributed by atoms with van der Waals surface area (Å²) in [6.07, 6.45) is 0. The first-order valence-electron chi connectivity index (χ1n) is 6.19. The summed E-state index contributed by atoms with van der Waals surface area (Å²) in [7, 11) is -3.67. The minimum atomic E-state index is -3.67. The maximum atomic E-state index is 12.2. The number of nitrogens with one attached hydrogen (secondary N) is 1. The van der Waals surface area contributed by atoms with Crippen LogP contribution in [0.3, 0.4) is 0 Å². The van der Waals surface area contributed by atoms with Crippen molar-refractivity contribution in [1.82, 2.24) is 0 Å². The van der Waals surface area contributed by atoms with Crippen molar-refractivity contribution in [3.8, 4) is 11.5 Å². The molecule has 0 unspecified atom stereocenters. The molecule has 1 aromatic carbocycles. The number of anilines is 1. The van der Waals surface area contributed by atoms with E-state index in [1.54, 1.807) is 23.6 Å². The highest BCUT2D eigenvalue weighted by atomic mass is 32.2. The third-order valence-corrected chi connectivity index (χ3v) is 5.74. The molecule has 0 radical (unpaired) electrons. The Bertz CT molecular complexity index is 754. The van der Waals surface area contributed by atoms with Gasteiger partial charge in [0.1, 0.15) is 17.4 Å². The number of benzene rings is 1. The van der Waals surface area contributed by atoms with Crippen molar-refractivity contribution < 1.29 is 23.0 Å². The summed E-state index contributed by atoms with van der Waals surface area (Å²) in [4.78, 5) is 0. The lowest BCUT2D eigenvalue weighted by Gasteiger charge is -2.19. The van der Waals surface area contributed by atoms with Crippen LogP contribution in [0.2, 0.25) is 0 Å². The summed E-state index contributed by atoms with van der Waals surface area (Å²) in [6.45, 7) is 0.737. The molecule has 0 atom stereocenters. The SMILES string of the molecule is O=S(=O)(Nc1ccc2c(c1)OCCO2)c1cc(CO)cs1. The van der Waals surface area contributed by atoms with Crippen LogP contribution >= 0.6 is 11.3 Å². The van der Waals surface area contributed by atoms with E-state index >= 15 is 0 Å². The van der Waals surface area contributed by atoms with E-state index in [0.29, 0.717) is 36.0 Å². The minimum absolute atomic E-state index is 0.154. The molecule has 0 spiro atoms. The van der Waals surface area contributed by atoms with Gasteiger partial charge in [0, 0.05) is 6.07 Å². The number of sulfonamides is 1. The van der Waals surface area contributed by atoms with Crippen LogP contribution in [0.4, 0.5) is 5.69 Å². The Kier molecular flexibility index (Phi) is 3.75. The summed E-state index contributed by atoms with van der Waals surface area (Å²) in [5.41, 5.74) is 0.973. The van der Waals surface area contributed by atoms with Crippen LogP contribution in [0.25, 0.3) is 0 Å². The second-order valence-corrected chi connectivity index (χ2v) is 7.22. The molecule has 8 heteroatoms. The number of fused-ring (bicyclic) bond motifs is 1. The molecule has 1 aliphatic rings. The molecule has 0 saturated carbocycles. The number of thiophene rings is 1. The molecular weight excluding hydrogens is 314 g/mol. The molecule has 6 nitrogen and oxygen atoms in total. The van der Waals surface area contributed by atoms with Crippen LogP contribution in [0.1, 0.15) is 5.56 Å². The maximum Gasteiger partial charge on any atom is 0.271 e. The van der Waals surface area contributed by atoms with Gasteiger partial charge in [0.05, 0.1) is 12.3 Å². The standard InChI is InChI=1S/C13H13NO5S2/c15-7-9-5-13(20-8-9)21(16,17)14-10-1-2-11-12(6-10)19-4-3-18-11/h1-2,5-6,8,14-15H,3-4,7H2. The van der Waals surface area contributed by atoms with Gasteiger partial charge in [-0.2, -0.15) is 0 Å². The molecule has 0 fully saturated rings. The van der Waals surface area contributed by atoms with Gasteiger partial charge in [0.2, 0.25) is 0 Å². The van der Waals surface area contributed by atoms with Crippen LogP contribution < -0.4 is 14.2 Å².